The summed E-state index contributed by atoms with van der Waals surface area (Å²) in [6.07, 6.45) is -0.656. The number of rotatable bonds is 5. The number of hydrogen-bond acceptors (Lipinski definition) is 4. The molecule has 1 N–H and O–H groups in total. The van der Waals surface area contributed by atoms with Gasteiger partial charge in [0.05, 0.1) is 16.6 Å². The summed E-state index contributed by atoms with van der Waals surface area (Å²) in [5.74, 6) is -0.432. The summed E-state index contributed by atoms with van der Waals surface area (Å²) < 4.78 is 11.2. The van der Waals surface area contributed by atoms with Crippen molar-refractivity contribution in [1.82, 2.24) is 0 Å². The number of halogens is 1. The molecular weight excluding hydrogens is 302 g/mol. The van der Waals surface area contributed by atoms with Crippen LogP contribution >= 0.6 is 15.9 Å². The molecule has 1 atom stereocenters. The van der Waals surface area contributed by atoms with Gasteiger partial charge >= 0.3 is 5.97 Å². The number of carboxylic acids is 1. The van der Waals surface area contributed by atoms with Crippen LogP contribution in [-0.4, -0.2) is 23.8 Å². The summed E-state index contributed by atoms with van der Waals surface area (Å²) in [7, 11) is 0. The smallest absolute Gasteiger partial charge is 0.335 e. The summed E-state index contributed by atoms with van der Waals surface area (Å²) in [5, 5.41) is 17.7. The molecule has 0 aromatic heterocycles. The van der Waals surface area contributed by atoms with Crippen molar-refractivity contribution in [3.8, 4) is 17.6 Å². The molecule has 0 aliphatic carbocycles. The van der Waals surface area contributed by atoms with Crippen LogP contribution in [0.15, 0.2) is 16.6 Å². The van der Waals surface area contributed by atoms with Gasteiger partial charge in [-0.2, -0.15) is 5.26 Å². The van der Waals surface area contributed by atoms with Gasteiger partial charge in [-0.3, -0.25) is 0 Å². The first-order chi connectivity index (χ1) is 8.49. The van der Waals surface area contributed by atoms with Crippen molar-refractivity contribution in [2.75, 3.05) is 6.61 Å². The van der Waals surface area contributed by atoms with Crippen molar-refractivity contribution >= 4 is 21.9 Å². The fraction of sp³-hybridized carbons (Fsp3) is 0.333. The summed E-state index contributed by atoms with van der Waals surface area (Å²) in [6, 6.07) is 4.71. The SMILES string of the molecule is CCOc1cc(C(=O)O)cc(Br)c1OC(C)C#N. The number of nitrogens with zero attached hydrogens (tertiary/aromatic N) is 1. The molecule has 1 unspecified atom stereocenters. The van der Waals surface area contributed by atoms with Crippen molar-refractivity contribution in [2.45, 2.75) is 20.0 Å². The maximum Gasteiger partial charge on any atom is 0.335 e. The van der Waals surface area contributed by atoms with Gasteiger partial charge in [0.1, 0.15) is 6.07 Å². The predicted molar refractivity (Wildman–Crippen MR) is 68.0 cm³/mol. The first-order valence-corrected chi connectivity index (χ1v) is 6.04. The van der Waals surface area contributed by atoms with E-state index in [1.54, 1.807) is 13.8 Å². The average Bonchev–Trinajstić information content (AvgIpc) is 2.32. The zero-order chi connectivity index (χ0) is 13.7. The van der Waals surface area contributed by atoms with E-state index in [0.29, 0.717) is 22.6 Å². The quantitative estimate of drug-likeness (QED) is 0.904. The van der Waals surface area contributed by atoms with Gasteiger partial charge in [0.15, 0.2) is 17.6 Å². The molecule has 0 amide bonds. The molecule has 96 valence electrons. The second-order valence-corrected chi connectivity index (χ2v) is 4.27. The number of benzene rings is 1. The van der Waals surface area contributed by atoms with Gasteiger partial charge in [-0.25, -0.2) is 4.79 Å². The van der Waals surface area contributed by atoms with E-state index < -0.39 is 12.1 Å². The zero-order valence-corrected chi connectivity index (χ0v) is 11.5. The number of carboxylic acid groups (broad SMARTS) is 1. The van der Waals surface area contributed by atoms with E-state index >= 15 is 0 Å². The highest BCUT2D eigenvalue weighted by Crippen LogP contribution is 2.37. The minimum atomic E-state index is -1.06. The predicted octanol–water partition coefficient (Wildman–Crippen LogP) is 2.84. The Labute approximate surface area is 113 Å². The van der Waals surface area contributed by atoms with Crippen LogP contribution in [0, 0.1) is 11.3 Å². The van der Waals surface area contributed by atoms with Crippen LogP contribution in [0.2, 0.25) is 0 Å². The number of carbonyl (C=O) groups is 1. The van der Waals surface area contributed by atoms with Gasteiger partial charge in [-0.05, 0) is 41.9 Å². The topological polar surface area (TPSA) is 79.6 Å². The first kappa shape index (κ1) is 14.3. The number of nitriles is 1. The van der Waals surface area contributed by atoms with Gasteiger partial charge in [0.2, 0.25) is 0 Å². The van der Waals surface area contributed by atoms with E-state index in [2.05, 4.69) is 15.9 Å². The fourth-order valence-corrected chi connectivity index (χ4v) is 1.81. The second kappa shape index (κ2) is 6.26. The molecule has 0 aliphatic heterocycles. The van der Waals surface area contributed by atoms with Gasteiger partial charge < -0.3 is 14.6 Å². The van der Waals surface area contributed by atoms with Crippen LogP contribution in [0.5, 0.6) is 11.5 Å². The summed E-state index contributed by atoms with van der Waals surface area (Å²) in [5.41, 5.74) is 0.0854. The Morgan fingerprint density at radius 3 is 2.78 bits per heavy atom. The lowest BCUT2D eigenvalue weighted by Gasteiger charge is -2.15. The Morgan fingerprint density at radius 2 is 2.28 bits per heavy atom. The van der Waals surface area contributed by atoms with Crippen LogP contribution in [0.3, 0.4) is 0 Å². The van der Waals surface area contributed by atoms with Gasteiger partial charge in [-0.15, -0.1) is 0 Å². The Balaban J connectivity index is 3.23. The Bertz CT molecular complexity index is 496. The maximum absolute atomic E-state index is 10.9. The van der Waals surface area contributed by atoms with Crippen molar-refractivity contribution in [1.29, 1.82) is 5.26 Å². The summed E-state index contributed by atoms with van der Waals surface area (Å²) >= 11 is 3.22. The highest BCUT2D eigenvalue weighted by molar-refractivity contribution is 9.10. The summed E-state index contributed by atoms with van der Waals surface area (Å²) in [4.78, 5) is 10.9. The number of hydrogen-bond donors (Lipinski definition) is 1. The largest absolute Gasteiger partial charge is 0.490 e. The lowest BCUT2D eigenvalue weighted by molar-refractivity contribution is 0.0696. The van der Waals surface area contributed by atoms with E-state index in [0.717, 1.165) is 0 Å². The third-order valence-corrected chi connectivity index (χ3v) is 2.62. The third kappa shape index (κ3) is 3.37. The highest BCUT2D eigenvalue weighted by Gasteiger charge is 2.17. The van der Waals surface area contributed by atoms with E-state index in [1.807, 2.05) is 6.07 Å². The monoisotopic (exact) mass is 313 g/mol. The minimum absolute atomic E-state index is 0.0854. The van der Waals surface area contributed by atoms with E-state index in [-0.39, 0.29) is 5.56 Å². The van der Waals surface area contributed by atoms with Crippen LogP contribution in [-0.2, 0) is 0 Å². The molecule has 0 aliphatic rings. The summed E-state index contributed by atoms with van der Waals surface area (Å²) in [6.45, 7) is 3.74. The molecular formula is C12H12BrNO4. The zero-order valence-electron chi connectivity index (χ0n) is 9.94. The minimum Gasteiger partial charge on any atom is -0.490 e. The van der Waals surface area contributed by atoms with Crippen LogP contribution < -0.4 is 9.47 Å². The third-order valence-electron chi connectivity index (χ3n) is 2.03. The molecule has 1 aromatic rings. The molecule has 6 heteroatoms. The Kier molecular flexibility index (Phi) is 4.98. The molecule has 0 heterocycles. The molecule has 0 bridgehead atoms. The van der Waals surface area contributed by atoms with Crippen molar-refractivity contribution in [3.63, 3.8) is 0 Å². The molecule has 1 rings (SSSR count). The molecule has 0 spiro atoms. The van der Waals surface area contributed by atoms with Gasteiger partial charge in [0, 0.05) is 0 Å². The first-order valence-electron chi connectivity index (χ1n) is 5.25. The van der Waals surface area contributed by atoms with Crippen molar-refractivity contribution in [3.05, 3.63) is 22.2 Å². The van der Waals surface area contributed by atoms with E-state index in [9.17, 15) is 4.79 Å². The second-order valence-electron chi connectivity index (χ2n) is 3.41. The molecule has 0 radical (unpaired) electrons. The molecule has 5 nitrogen and oxygen atoms in total. The maximum atomic E-state index is 10.9. The van der Waals surface area contributed by atoms with Crippen molar-refractivity contribution < 1.29 is 19.4 Å². The molecule has 0 saturated heterocycles. The Hall–Kier alpha value is -1.74. The van der Waals surface area contributed by atoms with Crippen LogP contribution in [0.25, 0.3) is 0 Å². The highest BCUT2D eigenvalue weighted by atomic mass is 79.9. The van der Waals surface area contributed by atoms with Gasteiger partial charge in [0.25, 0.3) is 0 Å². The van der Waals surface area contributed by atoms with Crippen molar-refractivity contribution in [2.24, 2.45) is 0 Å². The molecule has 0 fully saturated rings. The standard InChI is InChI=1S/C12H12BrNO4/c1-3-17-10-5-8(12(15)16)4-9(13)11(10)18-7(2)6-14/h4-5,7H,3H2,1-2H3,(H,15,16). The Morgan fingerprint density at radius 1 is 1.61 bits per heavy atom. The average molecular weight is 314 g/mol. The lowest BCUT2D eigenvalue weighted by Crippen LogP contribution is -2.11. The number of aromatic carboxylic acids is 1. The van der Waals surface area contributed by atoms with E-state index in [1.165, 1.54) is 12.1 Å². The fourth-order valence-electron chi connectivity index (χ4n) is 1.27. The normalized spacial score (nSPS) is 11.4. The molecule has 1 aromatic carbocycles. The van der Waals surface area contributed by atoms with Crippen LogP contribution in [0.1, 0.15) is 24.2 Å². The molecule has 18 heavy (non-hydrogen) atoms. The van der Waals surface area contributed by atoms with Crippen LogP contribution in [0.4, 0.5) is 0 Å². The van der Waals surface area contributed by atoms with E-state index in [4.69, 9.17) is 19.8 Å². The lowest BCUT2D eigenvalue weighted by atomic mass is 10.2. The molecule has 0 saturated carbocycles. The van der Waals surface area contributed by atoms with Gasteiger partial charge in [-0.1, -0.05) is 0 Å². The number of ether oxygens (including phenoxy) is 2.